The lowest BCUT2D eigenvalue weighted by molar-refractivity contribution is -0.126. The quantitative estimate of drug-likeness (QED) is 0.664. The lowest BCUT2D eigenvalue weighted by Gasteiger charge is -2.31. The Labute approximate surface area is 113 Å². The summed E-state index contributed by atoms with van der Waals surface area (Å²) in [5.74, 6) is 0.184. The van der Waals surface area contributed by atoms with Gasteiger partial charge < -0.3 is 15.3 Å². The van der Waals surface area contributed by atoms with E-state index >= 15 is 0 Å². The number of aliphatic hydroxyl groups is 1. The summed E-state index contributed by atoms with van der Waals surface area (Å²) in [6.45, 7) is 3.21. The SMILES string of the molecule is O=C(NCCc1ccn[nH]1)[C@H]1CCCN(CCO)C1. The number of amides is 1. The van der Waals surface area contributed by atoms with Crippen LogP contribution < -0.4 is 5.32 Å². The third-order valence-electron chi connectivity index (χ3n) is 3.54. The molecule has 1 fully saturated rings. The van der Waals surface area contributed by atoms with Gasteiger partial charge in [-0.3, -0.25) is 9.89 Å². The van der Waals surface area contributed by atoms with Crippen LogP contribution in [0.15, 0.2) is 12.3 Å². The predicted octanol–water partition coefficient (Wildman–Crippen LogP) is -0.227. The zero-order valence-electron chi connectivity index (χ0n) is 11.1. The topological polar surface area (TPSA) is 81.2 Å². The highest BCUT2D eigenvalue weighted by Crippen LogP contribution is 2.16. The number of β-amino-alcohol motifs (C(OH)–C–C–N with tert-alkyl or cyclic N) is 1. The molecular formula is C13H22N4O2. The first-order valence-corrected chi connectivity index (χ1v) is 6.89. The Hall–Kier alpha value is -1.40. The van der Waals surface area contributed by atoms with Crippen molar-refractivity contribution in [3.63, 3.8) is 0 Å². The maximum absolute atomic E-state index is 12.1. The fourth-order valence-corrected chi connectivity index (χ4v) is 2.50. The zero-order valence-corrected chi connectivity index (χ0v) is 11.1. The highest BCUT2D eigenvalue weighted by molar-refractivity contribution is 5.78. The largest absolute Gasteiger partial charge is 0.395 e. The molecule has 0 saturated carbocycles. The van der Waals surface area contributed by atoms with Crippen molar-refractivity contribution in [2.75, 3.05) is 32.8 Å². The molecule has 1 aromatic rings. The number of aromatic amines is 1. The average Bonchev–Trinajstić information content (AvgIpc) is 2.92. The number of hydrogen-bond acceptors (Lipinski definition) is 4. The van der Waals surface area contributed by atoms with E-state index in [4.69, 9.17) is 5.11 Å². The Kier molecular flexibility index (Phi) is 5.35. The smallest absolute Gasteiger partial charge is 0.224 e. The van der Waals surface area contributed by atoms with Gasteiger partial charge in [0.15, 0.2) is 0 Å². The first-order chi connectivity index (χ1) is 9.29. The van der Waals surface area contributed by atoms with Crippen molar-refractivity contribution in [1.29, 1.82) is 0 Å². The van der Waals surface area contributed by atoms with Gasteiger partial charge in [0.2, 0.25) is 5.91 Å². The van der Waals surface area contributed by atoms with E-state index in [2.05, 4.69) is 20.4 Å². The van der Waals surface area contributed by atoms with Crippen LogP contribution in [-0.4, -0.2) is 58.9 Å². The fraction of sp³-hybridized carbons (Fsp3) is 0.692. The van der Waals surface area contributed by atoms with Crippen LogP contribution >= 0.6 is 0 Å². The molecule has 6 nitrogen and oxygen atoms in total. The van der Waals surface area contributed by atoms with Crippen molar-refractivity contribution in [2.45, 2.75) is 19.3 Å². The summed E-state index contributed by atoms with van der Waals surface area (Å²) in [4.78, 5) is 14.2. The Morgan fingerprint density at radius 1 is 1.63 bits per heavy atom. The minimum Gasteiger partial charge on any atom is -0.395 e. The number of aliphatic hydroxyl groups excluding tert-OH is 1. The number of aromatic nitrogens is 2. The molecule has 0 bridgehead atoms. The maximum Gasteiger partial charge on any atom is 0.224 e. The van der Waals surface area contributed by atoms with E-state index < -0.39 is 0 Å². The summed E-state index contributed by atoms with van der Waals surface area (Å²) in [5, 5.41) is 18.7. The molecule has 3 N–H and O–H groups in total. The number of carbonyl (C=O) groups is 1. The van der Waals surface area contributed by atoms with Gasteiger partial charge in [0.05, 0.1) is 12.5 Å². The third-order valence-corrected chi connectivity index (χ3v) is 3.54. The Balaban J connectivity index is 1.70. The van der Waals surface area contributed by atoms with Crippen LogP contribution in [0.5, 0.6) is 0 Å². The number of H-pyrrole nitrogens is 1. The van der Waals surface area contributed by atoms with Gasteiger partial charge in [-0.2, -0.15) is 5.10 Å². The van der Waals surface area contributed by atoms with Crippen molar-refractivity contribution in [1.82, 2.24) is 20.4 Å². The van der Waals surface area contributed by atoms with Crippen LogP contribution in [-0.2, 0) is 11.2 Å². The lowest BCUT2D eigenvalue weighted by Crippen LogP contribution is -2.44. The van der Waals surface area contributed by atoms with Crippen LogP contribution in [0.25, 0.3) is 0 Å². The summed E-state index contributed by atoms with van der Waals surface area (Å²) in [6, 6.07) is 1.91. The van der Waals surface area contributed by atoms with Crippen molar-refractivity contribution in [3.8, 4) is 0 Å². The molecule has 1 aromatic heterocycles. The van der Waals surface area contributed by atoms with Crippen molar-refractivity contribution >= 4 is 5.91 Å². The highest BCUT2D eigenvalue weighted by atomic mass is 16.3. The van der Waals surface area contributed by atoms with E-state index in [0.29, 0.717) is 13.1 Å². The minimum atomic E-state index is 0.0575. The molecule has 0 aromatic carbocycles. The number of hydrogen-bond donors (Lipinski definition) is 3. The van der Waals surface area contributed by atoms with Gasteiger partial charge in [-0.1, -0.05) is 0 Å². The van der Waals surface area contributed by atoms with Gasteiger partial charge in [0.25, 0.3) is 0 Å². The molecule has 0 radical (unpaired) electrons. The van der Waals surface area contributed by atoms with Crippen molar-refractivity contribution < 1.29 is 9.90 Å². The number of piperidine rings is 1. The maximum atomic E-state index is 12.1. The first kappa shape index (κ1) is 14.0. The third kappa shape index (κ3) is 4.33. The monoisotopic (exact) mass is 266 g/mol. The van der Waals surface area contributed by atoms with Crippen LogP contribution in [0, 0.1) is 5.92 Å². The second-order valence-corrected chi connectivity index (χ2v) is 4.99. The van der Waals surface area contributed by atoms with Gasteiger partial charge in [-0.25, -0.2) is 0 Å². The molecule has 1 aliphatic heterocycles. The number of nitrogens with zero attached hydrogens (tertiary/aromatic N) is 2. The van der Waals surface area contributed by atoms with Crippen LogP contribution in [0.1, 0.15) is 18.5 Å². The van der Waals surface area contributed by atoms with Gasteiger partial charge in [0.1, 0.15) is 0 Å². The summed E-state index contributed by atoms with van der Waals surface area (Å²) in [7, 11) is 0. The van der Waals surface area contributed by atoms with Crippen LogP contribution in [0.2, 0.25) is 0 Å². The summed E-state index contributed by atoms with van der Waals surface area (Å²) in [6.07, 6.45) is 4.46. The van der Waals surface area contributed by atoms with Crippen LogP contribution in [0.4, 0.5) is 0 Å². The van der Waals surface area contributed by atoms with E-state index in [-0.39, 0.29) is 18.4 Å². The van der Waals surface area contributed by atoms with Crippen molar-refractivity contribution in [3.05, 3.63) is 18.0 Å². The number of carbonyl (C=O) groups excluding carboxylic acids is 1. The molecule has 1 saturated heterocycles. The molecule has 1 amide bonds. The second-order valence-electron chi connectivity index (χ2n) is 4.99. The molecule has 0 unspecified atom stereocenters. The molecular weight excluding hydrogens is 244 g/mol. The van der Waals surface area contributed by atoms with E-state index in [1.165, 1.54) is 0 Å². The van der Waals surface area contributed by atoms with Gasteiger partial charge in [0, 0.05) is 37.9 Å². The lowest BCUT2D eigenvalue weighted by atomic mass is 9.97. The van der Waals surface area contributed by atoms with Gasteiger partial charge in [-0.15, -0.1) is 0 Å². The molecule has 0 spiro atoms. The van der Waals surface area contributed by atoms with Gasteiger partial charge in [-0.05, 0) is 25.5 Å². The highest BCUT2D eigenvalue weighted by Gasteiger charge is 2.24. The number of likely N-dealkylation sites (tertiary alicyclic amines) is 1. The van der Waals surface area contributed by atoms with E-state index in [9.17, 15) is 4.79 Å². The molecule has 2 heterocycles. The Morgan fingerprint density at radius 3 is 3.26 bits per heavy atom. The Bertz CT molecular complexity index is 378. The number of nitrogens with one attached hydrogen (secondary N) is 2. The molecule has 19 heavy (non-hydrogen) atoms. The minimum absolute atomic E-state index is 0.0575. The second kappa shape index (κ2) is 7.25. The molecule has 1 aliphatic rings. The van der Waals surface area contributed by atoms with Crippen LogP contribution in [0.3, 0.4) is 0 Å². The molecule has 6 heteroatoms. The van der Waals surface area contributed by atoms with E-state index in [1.807, 2.05) is 6.07 Å². The summed E-state index contributed by atoms with van der Waals surface area (Å²) >= 11 is 0. The zero-order chi connectivity index (χ0) is 13.5. The van der Waals surface area contributed by atoms with E-state index in [0.717, 1.165) is 38.0 Å². The molecule has 0 aliphatic carbocycles. The van der Waals surface area contributed by atoms with Gasteiger partial charge >= 0.3 is 0 Å². The summed E-state index contributed by atoms with van der Waals surface area (Å²) < 4.78 is 0. The normalized spacial score (nSPS) is 20.4. The van der Waals surface area contributed by atoms with Crippen molar-refractivity contribution in [2.24, 2.45) is 5.92 Å². The molecule has 2 rings (SSSR count). The fourth-order valence-electron chi connectivity index (χ4n) is 2.50. The molecule has 1 atom stereocenters. The summed E-state index contributed by atoms with van der Waals surface area (Å²) in [5.41, 5.74) is 1.03. The predicted molar refractivity (Wildman–Crippen MR) is 71.6 cm³/mol. The standard InChI is InChI=1S/C13H22N4O2/c18-9-8-17-7-1-2-11(10-17)13(19)14-5-3-12-4-6-15-16-12/h4,6,11,18H,1-3,5,7-10H2,(H,14,19)(H,15,16)/t11-/m0/s1. The first-order valence-electron chi connectivity index (χ1n) is 6.89. The van der Waals surface area contributed by atoms with E-state index in [1.54, 1.807) is 6.20 Å². The number of rotatable bonds is 6. The molecule has 106 valence electrons. The Morgan fingerprint density at radius 2 is 2.53 bits per heavy atom. The average molecular weight is 266 g/mol.